The van der Waals surface area contributed by atoms with Gasteiger partial charge in [0, 0.05) is 25.0 Å². The van der Waals surface area contributed by atoms with E-state index < -0.39 is 0 Å². The molecule has 0 aromatic carbocycles. The van der Waals surface area contributed by atoms with Crippen LogP contribution in [0.3, 0.4) is 0 Å². The number of rotatable bonds is 4. The summed E-state index contributed by atoms with van der Waals surface area (Å²) in [6, 6.07) is 0.346. The Balaban J connectivity index is 1.88. The van der Waals surface area contributed by atoms with Crippen LogP contribution >= 0.6 is 0 Å². The fraction of sp³-hybridized carbons (Fsp3) is 0.938. The molecule has 0 aromatic rings. The van der Waals surface area contributed by atoms with E-state index in [2.05, 4.69) is 17.1 Å². The zero-order valence-electron chi connectivity index (χ0n) is 13.1. The third kappa shape index (κ3) is 3.95. The molecule has 1 amide bonds. The minimum absolute atomic E-state index is 0.0888. The van der Waals surface area contributed by atoms with E-state index in [1.54, 1.807) is 0 Å². The first kappa shape index (κ1) is 15.8. The topological polar surface area (TPSA) is 58.4 Å². The molecule has 2 heterocycles. The number of nitrogens with one attached hydrogen (secondary N) is 1. The molecule has 3 N–H and O–H groups in total. The first-order valence-corrected chi connectivity index (χ1v) is 8.35. The monoisotopic (exact) mass is 281 g/mol. The van der Waals surface area contributed by atoms with Crippen molar-refractivity contribution in [2.45, 2.75) is 64.5 Å². The second kappa shape index (κ2) is 7.41. The van der Waals surface area contributed by atoms with Crippen molar-refractivity contribution < 1.29 is 4.79 Å². The molecule has 4 atom stereocenters. The molecule has 0 saturated carbocycles. The molecular weight excluding hydrogens is 250 g/mol. The van der Waals surface area contributed by atoms with Crippen LogP contribution in [0.25, 0.3) is 0 Å². The van der Waals surface area contributed by atoms with Crippen LogP contribution in [0.5, 0.6) is 0 Å². The van der Waals surface area contributed by atoms with E-state index in [0.29, 0.717) is 24.2 Å². The van der Waals surface area contributed by atoms with Crippen molar-refractivity contribution in [1.29, 1.82) is 0 Å². The molecule has 2 fully saturated rings. The second-order valence-electron chi connectivity index (χ2n) is 6.80. The van der Waals surface area contributed by atoms with Gasteiger partial charge in [0.25, 0.3) is 0 Å². The Bertz CT molecular complexity index is 313. The fourth-order valence-corrected chi connectivity index (χ4v) is 3.74. The van der Waals surface area contributed by atoms with E-state index in [9.17, 15) is 4.79 Å². The molecule has 116 valence electrons. The smallest absolute Gasteiger partial charge is 0.223 e. The number of amides is 1. The van der Waals surface area contributed by atoms with Crippen LogP contribution in [0.2, 0.25) is 0 Å². The highest BCUT2D eigenvalue weighted by Gasteiger charge is 2.31. The minimum Gasteiger partial charge on any atom is -0.338 e. The fourth-order valence-electron chi connectivity index (χ4n) is 3.74. The van der Waals surface area contributed by atoms with E-state index in [-0.39, 0.29) is 12.1 Å². The van der Waals surface area contributed by atoms with E-state index in [1.165, 1.54) is 19.3 Å². The summed E-state index contributed by atoms with van der Waals surface area (Å²) in [4.78, 5) is 14.7. The molecule has 0 spiro atoms. The van der Waals surface area contributed by atoms with Gasteiger partial charge < -0.3 is 16.0 Å². The Hall–Kier alpha value is -0.610. The summed E-state index contributed by atoms with van der Waals surface area (Å²) < 4.78 is 0. The van der Waals surface area contributed by atoms with Crippen LogP contribution in [0, 0.1) is 11.8 Å². The normalized spacial score (nSPS) is 30.9. The summed E-state index contributed by atoms with van der Waals surface area (Å²) in [5.41, 5.74) is 6.07. The number of nitrogens with zero attached hydrogens (tertiary/aromatic N) is 1. The molecule has 2 aliphatic heterocycles. The van der Waals surface area contributed by atoms with Gasteiger partial charge in [0.2, 0.25) is 5.91 Å². The van der Waals surface area contributed by atoms with Crippen molar-refractivity contribution in [2.24, 2.45) is 17.6 Å². The predicted molar refractivity (Wildman–Crippen MR) is 82.4 cm³/mol. The summed E-state index contributed by atoms with van der Waals surface area (Å²) in [7, 11) is 0. The number of likely N-dealkylation sites (tertiary alicyclic amines) is 1. The Morgan fingerprint density at radius 3 is 2.75 bits per heavy atom. The quantitative estimate of drug-likeness (QED) is 0.825. The van der Waals surface area contributed by atoms with Crippen LogP contribution in [0.15, 0.2) is 0 Å². The summed E-state index contributed by atoms with van der Waals surface area (Å²) in [5, 5.41) is 3.45. The minimum atomic E-state index is 0.0888. The van der Waals surface area contributed by atoms with Crippen molar-refractivity contribution in [3.63, 3.8) is 0 Å². The number of piperidine rings is 2. The molecule has 2 aliphatic rings. The van der Waals surface area contributed by atoms with Crippen molar-refractivity contribution in [2.75, 3.05) is 19.6 Å². The molecule has 0 bridgehead atoms. The lowest BCUT2D eigenvalue weighted by molar-refractivity contribution is -0.136. The third-order valence-corrected chi connectivity index (χ3v) is 5.11. The molecule has 0 radical (unpaired) electrons. The third-order valence-electron chi connectivity index (χ3n) is 5.11. The van der Waals surface area contributed by atoms with Crippen LogP contribution in [0.4, 0.5) is 0 Å². The number of nitrogens with two attached hydrogens (primary N) is 1. The van der Waals surface area contributed by atoms with Crippen LogP contribution in [0.1, 0.15) is 52.4 Å². The zero-order valence-corrected chi connectivity index (χ0v) is 13.1. The van der Waals surface area contributed by atoms with Gasteiger partial charge in [0.05, 0.1) is 0 Å². The van der Waals surface area contributed by atoms with Gasteiger partial charge in [0.1, 0.15) is 0 Å². The zero-order chi connectivity index (χ0) is 14.5. The van der Waals surface area contributed by atoms with Crippen molar-refractivity contribution in [1.82, 2.24) is 10.2 Å². The maximum atomic E-state index is 12.6. The van der Waals surface area contributed by atoms with E-state index >= 15 is 0 Å². The lowest BCUT2D eigenvalue weighted by Gasteiger charge is -2.39. The lowest BCUT2D eigenvalue weighted by atomic mass is 9.84. The average Bonchev–Trinajstić information content (AvgIpc) is 2.48. The molecule has 0 aliphatic carbocycles. The Morgan fingerprint density at radius 1 is 1.30 bits per heavy atom. The first-order chi connectivity index (χ1) is 9.59. The number of carbonyl (C=O) groups is 1. The summed E-state index contributed by atoms with van der Waals surface area (Å²) >= 11 is 0. The van der Waals surface area contributed by atoms with Crippen LogP contribution < -0.4 is 11.1 Å². The number of carbonyl (C=O) groups excluding carboxylic acids is 1. The Labute approximate surface area is 123 Å². The van der Waals surface area contributed by atoms with E-state index in [4.69, 9.17) is 5.73 Å². The van der Waals surface area contributed by atoms with Crippen molar-refractivity contribution >= 4 is 5.91 Å². The van der Waals surface area contributed by atoms with E-state index in [1.807, 2.05) is 6.92 Å². The molecular formula is C16H31N3O. The average molecular weight is 281 g/mol. The molecule has 4 heteroatoms. The maximum Gasteiger partial charge on any atom is 0.223 e. The van der Waals surface area contributed by atoms with Gasteiger partial charge in [-0.2, -0.15) is 0 Å². The van der Waals surface area contributed by atoms with Gasteiger partial charge in [0.15, 0.2) is 0 Å². The van der Waals surface area contributed by atoms with Crippen molar-refractivity contribution in [3.05, 3.63) is 0 Å². The van der Waals surface area contributed by atoms with Crippen LogP contribution in [-0.4, -0.2) is 42.5 Å². The molecule has 4 unspecified atom stereocenters. The van der Waals surface area contributed by atoms with Gasteiger partial charge in [-0.15, -0.1) is 0 Å². The standard InChI is InChI=1S/C16H31N3O/c1-12(14-6-5-8-18-11-14)10-16(20)19-9-4-3-7-15(19)13(2)17/h12-15,18H,3-11,17H2,1-2H3. The molecule has 2 rings (SSSR count). The highest BCUT2D eigenvalue weighted by molar-refractivity contribution is 5.77. The van der Waals surface area contributed by atoms with Gasteiger partial charge in [-0.1, -0.05) is 6.92 Å². The highest BCUT2D eigenvalue weighted by atomic mass is 16.2. The summed E-state index contributed by atoms with van der Waals surface area (Å²) in [6.07, 6.45) is 6.61. The molecule has 0 aromatic heterocycles. The molecule has 4 nitrogen and oxygen atoms in total. The largest absolute Gasteiger partial charge is 0.338 e. The van der Waals surface area contributed by atoms with Gasteiger partial charge >= 0.3 is 0 Å². The predicted octanol–water partition coefficient (Wildman–Crippen LogP) is 1.74. The first-order valence-electron chi connectivity index (χ1n) is 8.35. The Morgan fingerprint density at radius 2 is 2.10 bits per heavy atom. The second-order valence-corrected chi connectivity index (χ2v) is 6.80. The highest BCUT2D eigenvalue weighted by Crippen LogP contribution is 2.26. The van der Waals surface area contributed by atoms with Gasteiger partial charge in [-0.05, 0) is 64.0 Å². The van der Waals surface area contributed by atoms with E-state index in [0.717, 1.165) is 32.5 Å². The Kier molecular flexibility index (Phi) is 5.85. The number of hydrogen-bond donors (Lipinski definition) is 2. The van der Waals surface area contributed by atoms with Crippen LogP contribution in [-0.2, 0) is 4.79 Å². The summed E-state index contributed by atoms with van der Waals surface area (Å²) in [5.74, 6) is 1.46. The number of hydrogen-bond acceptors (Lipinski definition) is 3. The molecule has 20 heavy (non-hydrogen) atoms. The molecule has 2 saturated heterocycles. The maximum absolute atomic E-state index is 12.6. The van der Waals surface area contributed by atoms with Crippen molar-refractivity contribution in [3.8, 4) is 0 Å². The summed E-state index contributed by atoms with van der Waals surface area (Å²) in [6.45, 7) is 7.38. The van der Waals surface area contributed by atoms with Gasteiger partial charge in [-0.3, -0.25) is 4.79 Å². The lowest BCUT2D eigenvalue weighted by Crippen LogP contribution is -2.52. The van der Waals surface area contributed by atoms with Gasteiger partial charge in [-0.25, -0.2) is 0 Å². The SMILES string of the molecule is CC(N)C1CCCCN1C(=O)CC(C)C1CCCNC1.